The summed E-state index contributed by atoms with van der Waals surface area (Å²) in [5.74, 6) is 0.949. The maximum Gasteiger partial charge on any atom is 0.00369 e. The van der Waals surface area contributed by atoms with Gasteiger partial charge in [0.1, 0.15) is 0 Å². The molecule has 0 bridgehead atoms. The van der Waals surface area contributed by atoms with E-state index >= 15 is 0 Å². The third-order valence-electron chi connectivity index (χ3n) is 3.05. The minimum Gasteiger partial charge on any atom is -0.103 e. The number of unbranched alkanes of at least 4 members (excludes halogenated alkanes) is 11. The van der Waals surface area contributed by atoms with Gasteiger partial charge in [0, 0.05) is 5.75 Å². The van der Waals surface area contributed by atoms with Crippen molar-refractivity contribution in [1.82, 2.24) is 0 Å². The molecule has 0 unspecified atom stereocenters. The highest BCUT2D eigenvalue weighted by Crippen LogP contribution is 2.12. The van der Waals surface area contributed by atoms with E-state index in [1.165, 1.54) is 77.0 Å². The van der Waals surface area contributed by atoms with E-state index in [0.717, 1.165) is 5.75 Å². The Bertz CT molecular complexity index is 131. The lowest BCUT2D eigenvalue weighted by Gasteiger charge is -2.01. The van der Waals surface area contributed by atoms with Gasteiger partial charge >= 0.3 is 0 Å². The van der Waals surface area contributed by atoms with Gasteiger partial charge in [-0.25, -0.2) is 0 Å². The van der Waals surface area contributed by atoms with Crippen molar-refractivity contribution >= 4 is 12.6 Å². The van der Waals surface area contributed by atoms with E-state index in [1.807, 2.05) is 6.08 Å². The van der Waals surface area contributed by atoms with Gasteiger partial charge in [0.05, 0.1) is 0 Å². The van der Waals surface area contributed by atoms with Crippen LogP contribution in [0.25, 0.3) is 0 Å². The van der Waals surface area contributed by atoms with E-state index in [1.54, 1.807) is 0 Å². The van der Waals surface area contributed by atoms with Crippen molar-refractivity contribution in [3.05, 3.63) is 12.7 Å². The van der Waals surface area contributed by atoms with Crippen molar-refractivity contribution in [2.24, 2.45) is 0 Å². The van der Waals surface area contributed by atoms with Crippen molar-refractivity contribution in [1.29, 1.82) is 0 Å². The maximum atomic E-state index is 4.92. The molecule has 0 heterocycles. The van der Waals surface area contributed by atoms with E-state index in [0.29, 0.717) is 0 Å². The molecular formula is C15H29S. The standard InChI is InChI=1S/C15H29S/c1-2-3-4-5-6-7-8-9-10-11-12-13-14-15-16/h2H,1,3-15H2. The predicted molar refractivity (Wildman–Crippen MR) is 78.1 cm³/mol. The summed E-state index contributed by atoms with van der Waals surface area (Å²) in [6.07, 6.45) is 18.5. The van der Waals surface area contributed by atoms with Gasteiger partial charge in [0.15, 0.2) is 0 Å². The van der Waals surface area contributed by atoms with Crippen molar-refractivity contribution in [3.63, 3.8) is 0 Å². The normalized spacial score (nSPS) is 10.6. The van der Waals surface area contributed by atoms with E-state index in [4.69, 9.17) is 12.6 Å². The van der Waals surface area contributed by atoms with Gasteiger partial charge in [-0.1, -0.05) is 76.5 Å². The van der Waals surface area contributed by atoms with E-state index in [2.05, 4.69) is 6.58 Å². The molecule has 16 heavy (non-hydrogen) atoms. The first kappa shape index (κ1) is 16.1. The van der Waals surface area contributed by atoms with Crippen LogP contribution in [0.15, 0.2) is 12.7 Å². The molecule has 1 heteroatoms. The van der Waals surface area contributed by atoms with Crippen LogP contribution in [0.2, 0.25) is 0 Å². The Balaban J connectivity index is 2.85. The fraction of sp³-hybridized carbons (Fsp3) is 0.867. The van der Waals surface area contributed by atoms with Gasteiger partial charge in [-0.2, -0.15) is 0 Å². The Morgan fingerprint density at radius 2 is 1.00 bits per heavy atom. The second-order valence-corrected chi connectivity index (χ2v) is 5.08. The number of hydrogen-bond acceptors (Lipinski definition) is 0. The highest BCUT2D eigenvalue weighted by molar-refractivity contribution is 7.80. The molecule has 0 atom stereocenters. The van der Waals surface area contributed by atoms with Crippen LogP contribution in [0, 0.1) is 0 Å². The van der Waals surface area contributed by atoms with Gasteiger partial charge in [-0.05, 0) is 19.3 Å². The molecule has 0 amide bonds. The fourth-order valence-corrected chi connectivity index (χ4v) is 2.19. The molecular weight excluding hydrogens is 212 g/mol. The topological polar surface area (TPSA) is 0 Å². The van der Waals surface area contributed by atoms with E-state index in [9.17, 15) is 0 Å². The highest BCUT2D eigenvalue weighted by Gasteiger charge is 1.92. The molecule has 0 rings (SSSR count). The number of rotatable bonds is 13. The van der Waals surface area contributed by atoms with Crippen LogP contribution in [-0.4, -0.2) is 5.75 Å². The quantitative estimate of drug-likeness (QED) is 0.272. The third kappa shape index (κ3) is 14.1. The molecule has 0 saturated carbocycles. The molecule has 0 aliphatic heterocycles. The maximum absolute atomic E-state index is 4.92. The smallest absolute Gasteiger partial charge is 0.00369 e. The summed E-state index contributed by atoms with van der Waals surface area (Å²) in [5, 5.41) is 0. The lowest BCUT2D eigenvalue weighted by molar-refractivity contribution is 0.551. The van der Waals surface area contributed by atoms with Crippen LogP contribution < -0.4 is 0 Å². The summed E-state index contributed by atoms with van der Waals surface area (Å²) in [7, 11) is 0. The average molecular weight is 241 g/mol. The average Bonchev–Trinajstić information content (AvgIpc) is 2.31. The lowest BCUT2D eigenvalue weighted by atomic mass is 10.1. The molecule has 0 fully saturated rings. The Labute approximate surface area is 108 Å². The zero-order valence-electron chi connectivity index (χ0n) is 10.9. The van der Waals surface area contributed by atoms with Crippen LogP contribution in [0.3, 0.4) is 0 Å². The molecule has 0 aliphatic rings. The van der Waals surface area contributed by atoms with Gasteiger partial charge in [-0.15, -0.1) is 6.58 Å². The number of allylic oxidation sites excluding steroid dienone is 1. The first-order valence-corrected chi connectivity index (χ1v) is 7.68. The van der Waals surface area contributed by atoms with Crippen LogP contribution in [-0.2, 0) is 0 Å². The molecule has 0 aromatic carbocycles. The summed E-state index contributed by atoms with van der Waals surface area (Å²) in [6, 6.07) is 0. The lowest BCUT2D eigenvalue weighted by Crippen LogP contribution is -1.82. The van der Waals surface area contributed by atoms with Crippen molar-refractivity contribution in [2.45, 2.75) is 77.0 Å². The van der Waals surface area contributed by atoms with Crippen LogP contribution >= 0.6 is 12.6 Å². The molecule has 0 spiro atoms. The molecule has 0 aromatic rings. The van der Waals surface area contributed by atoms with Crippen LogP contribution in [0.5, 0.6) is 0 Å². The number of hydrogen-bond donors (Lipinski definition) is 0. The van der Waals surface area contributed by atoms with Crippen molar-refractivity contribution in [3.8, 4) is 0 Å². The zero-order valence-corrected chi connectivity index (χ0v) is 11.7. The molecule has 1 radical (unpaired) electrons. The summed E-state index contributed by atoms with van der Waals surface area (Å²) < 4.78 is 0. The van der Waals surface area contributed by atoms with Gasteiger partial charge in [0.25, 0.3) is 0 Å². The Hall–Kier alpha value is 0.0900. The minimum absolute atomic E-state index is 0.949. The van der Waals surface area contributed by atoms with Crippen molar-refractivity contribution < 1.29 is 0 Å². The summed E-state index contributed by atoms with van der Waals surface area (Å²) in [5.41, 5.74) is 0. The van der Waals surface area contributed by atoms with Gasteiger partial charge in [-0.3, -0.25) is 0 Å². The third-order valence-corrected chi connectivity index (χ3v) is 3.34. The van der Waals surface area contributed by atoms with E-state index < -0.39 is 0 Å². The largest absolute Gasteiger partial charge is 0.103 e. The Morgan fingerprint density at radius 1 is 0.625 bits per heavy atom. The summed E-state index contributed by atoms with van der Waals surface area (Å²) in [6.45, 7) is 3.74. The minimum atomic E-state index is 0.949. The second-order valence-electron chi connectivity index (χ2n) is 4.67. The summed E-state index contributed by atoms with van der Waals surface area (Å²) in [4.78, 5) is 0. The first-order chi connectivity index (χ1) is 7.91. The van der Waals surface area contributed by atoms with Gasteiger partial charge < -0.3 is 0 Å². The first-order valence-electron chi connectivity index (χ1n) is 7.11. The van der Waals surface area contributed by atoms with Crippen molar-refractivity contribution in [2.75, 3.05) is 5.75 Å². The molecule has 0 aliphatic carbocycles. The predicted octanol–water partition coefficient (Wildman–Crippen LogP) is 6.05. The SMILES string of the molecule is C=CCCCCCCCCCCCCC[S]. The Morgan fingerprint density at radius 3 is 1.38 bits per heavy atom. The monoisotopic (exact) mass is 241 g/mol. The highest BCUT2D eigenvalue weighted by atomic mass is 32.1. The van der Waals surface area contributed by atoms with Crippen LogP contribution in [0.1, 0.15) is 77.0 Å². The Kier molecular flexibility index (Phi) is 15.2. The molecule has 0 nitrogen and oxygen atoms in total. The van der Waals surface area contributed by atoms with E-state index in [-0.39, 0.29) is 0 Å². The van der Waals surface area contributed by atoms with Crippen LogP contribution in [0.4, 0.5) is 0 Å². The molecule has 95 valence electrons. The zero-order chi connectivity index (χ0) is 11.9. The van der Waals surface area contributed by atoms with Gasteiger partial charge in [0.2, 0.25) is 0 Å². The summed E-state index contributed by atoms with van der Waals surface area (Å²) >= 11 is 4.92. The molecule has 0 saturated heterocycles. The second kappa shape index (κ2) is 15.1. The molecule has 0 aromatic heterocycles. The fourth-order valence-electron chi connectivity index (χ4n) is 1.98. The molecule has 0 N–H and O–H groups in total.